The summed E-state index contributed by atoms with van der Waals surface area (Å²) in [5.74, 6) is -2.51. The number of anilines is 3. The van der Waals surface area contributed by atoms with E-state index in [1.165, 1.54) is 30.3 Å². The summed E-state index contributed by atoms with van der Waals surface area (Å²) in [6.07, 6.45) is 0. The lowest BCUT2D eigenvalue weighted by Gasteiger charge is -2.08. The van der Waals surface area contributed by atoms with Crippen molar-refractivity contribution < 1.29 is 14.0 Å². The van der Waals surface area contributed by atoms with Gasteiger partial charge in [0.05, 0.1) is 15.7 Å². The minimum atomic E-state index is -0.949. The Labute approximate surface area is 135 Å². The smallest absolute Gasteiger partial charge is 0.314 e. The maximum Gasteiger partial charge on any atom is 0.314 e. The Morgan fingerprint density at radius 3 is 2.27 bits per heavy atom. The molecule has 4 N–H and O–H groups in total. The van der Waals surface area contributed by atoms with E-state index < -0.39 is 17.6 Å². The number of halogens is 3. The van der Waals surface area contributed by atoms with E-state index in [4.69, 9.17) is 28.9 Å². The van der Waals surface area contributed by atoms with Crippen molar-refractivity contribution in [2.24, 2.45) is 0 Å². The van der Waals surface area contributed by atoms with Gasteiger partial charge in [-0.25, -0.2) is 4.39 Å². The standard InChI is InChI=1S/C14H10Cl2FN3O2/c15-9-6-8(2-3-11(9)17)19-13(21)14(22)20-12-4-1-7(18)5-10(12)16/h1-6H,18H2,(H,19,21)(H,20,22). The highest BCUT2D eigenvalue weighted by Gasteiger charge is 2.16. The van der Waals surface area contributed by atoms with Crippen molar-refractivity contribution in [2.75, 3.05) is 16.4 Å². The Bertz CT molecular complexity index is 753. The van der Waals surface area contributed by atoms with Gasteiger partial charge in [-0.3, -0.25) is 9.59 Å². The number of amides is 2. The molecule has 8 heteroatoms. The van der Waals surface area contributed by atoms with Crippen LogP contribution in [0.5, 0.6) is 0 Å². The van der Waals surface area contributed by atoms with Crippen molar-refractivity contribution in [1.82, 2.24) is 0 Å². The number of carbonyl (C=O) groups is 2. The Kier molecular flexibility index (Phi) is 4.85. The van der Waals surface area contributed by atoms with E-state index in [9.17, 15) is 14.0 Å². The van der Waals surface area contributed by atoms with Crippen LogP contribution in [-0.2, 0) is 9.59 Å². The molecule has 0 bridgehead atoms. The first-order valence-corrected chi connectivity index (χ1v) is 6.75. The molecule has 0 aliphatic heterocycles. The van der Waals surface area contributed by atoms with Gasteiger partial charge in [0.25, 0.3) is 0 Å². The maximum absolute atomic E-state index is 13.0. The zero-order valence-corrected chi connectivity index (χ0v) is 12.5. The number of rotatable bonds is 2. The molecule has 0 unspecified atom stereocenters. The van der Waals surface area contributed by atoms with Gasteiger partial charge in [-0.1, -0.05) is 23.2 Å². The molecular weight excluding hydrogens is 332 g/mol. The summed E-state index contributed by atoms with van der Waals surface area (Å²) in [5, 5.41) is 4.66. The van der Waals surface area contributed by atoms with Gasteiger partial charge in [0.15, 0.2) is 0 Å². The van der Waals surface area contributed by atoms with Gasteiger partial charge in [-0.2, -0.15) is 0 Å². The van der Waals surface area contributed by atoms with Crippen LogP contribution in [0.25, 0.3) is 0 Å². The van der Waals surface area contributed by atoms with E-state index in [2.05, 4.69) is 10.6 Å². The zero-order chi connectivity index (χ0) is 16.3. The number of nitrogen functional groups attached to an aromatic ring is 1. The number of nitrogens with one attached hydrogen (secondary N) is 2. The highest BCUT2D eigenvalue weighted by molar-refractivity contribution is 6.45. The van der Waals surface area contributed by atoms with Crippen molar-refractivity contribution in [1.29, 1.82) is 0 Å². The number of hydrogen-bond donors (Lipinski definition) is 3. The average Bonchev–Trinajstić information content (AvgIpc) is 2.45. The summed E-state index contributed by atoms with van der Waals surface area (Å²) in [5.41, 5.74) is 6.38. The first-order chi connectivity index (χ1) is 10.4. The zero-order valence-electron chi connectivity index (χ0n) is 11.0. The highest BCUT2D eigenvalue weighted by Crippen LogP contribution is 2.24. The molecule has 0 fully saturated rings. The largest absolute Gasteiger partial charge is 0.399 e. The molecule has 2 aromatic carbocycles. The van der Waals surface area contributed by atoms with Crippen LogP contribution in [0.3, 0.4) is 0 Å². The lowest BCUT2D eigenvalue weighted by Crippen LogP contribution is -2.29. The number of hydrogen-bond acceptors (Lipinski definition) is 3. The molecule has 114 valence electrons. The number of benzene rings is 2. The molecule has 0 saturated heterocycles. The van der Waals surface area contributed by atoms with Crippen LogP contribution in [-0.4, -0.2) is 11.8 Å². The molecule has 5 nitrogen and oxygen atoms in total. The monoisotopic (exact) mass is 341 g/mol. The SMILES string of the molecule is Nc1ccc(NC(=O)C(=O)Nc2ccc(F)c(Cl)c2)c(Cl)c1. The molecule has 2 rings (SSSR count). The van der Waals surface area contributed by atoms with E-state index >= 15 is 0 Å². The fourth-order valence-corrected chi connectivity index (χ4v) is 1.99. The molecule has 2 amide bonds. The Hall–Kier alpha value is -2.31. The summed E-state index contributed by atoms with van der Waals surface area (Å²) in [4.78, 5) is 23.5. The quantitative estimate of drug-likeness (QED) is 0.578. The van der Waals surface area contributed by atoms with E-state index in [1.54, 1.807) is 0 Å². The van der Waals surface area contributed by atoms with Crippen molar-refractivity contribution in [3.05, 3.63) is 52.3 Å². The Morgan fingerprint density at radius 1 is 0.955 bits per heavy atom. The second kappa shape index (κ2) is 6.64. The molecular formula is C14H10Cl2FN3O2. The molecule has 0 saturated carbocycles. The topological polar surface area (TPSA) is 84.2 Å². The van der Waals surface area contributed by atoms with Gasteiger partial charge in [0.1, 0.15) is 5.82 Å². The predicted molar refractivity (Wildman–Crippen MR) is 84.5 cm³/mol. The molecule has 0 radical (unpaired) electrons. The third kappa shape index (κ3) is 3.87. The van der Waals surface area contributed by atoms with Crippen LogP contribution in [0.4, 0.5) is 21.5 Å². The maximum atomic E-state index is 13.0. The Morgan fingerprint density at radius 2 is 1.64 bits per heavy atom. The van der Waals surface area contributed by atoms with Gasteiger partial charge >= 0.3 is 11.8 Å². The van der Waals surface area contributed by atoms with Crippen LogP contribution < -0.4 is 16.4 Å². The molecule has 0 aromatic heterocycles. The minimum absolute atomic E-state index is 0.167. The second-order valence-electron chi connectivity index (χ2n) is 4.28. The van der Waals surface area contributed by atoms with Crippen LogP contribution in [0.15, 0.2) is 36.4 Å². The van der Waals surface area contributed by atoms with Gasteiger partial charge < -0.3 is 16.4 Å². The highest BCUT2D eigenvalue weighted by atomic mass is 35.5. The molecule has 0 aliphatic rings. The fourth-order valence-electron chi connectivity index (χ4n) is 1.57. The number of nitrogens with two attached hydrogens (primary N) is 1. The molecule has 0 atom stereocenters. The first-order valence-electron chi connectivity index (χ1n) is 5.99. The summed E-state index contributed by atoms with van der Waals surface area (Å²) in [6, 6.07) is 7.99. The number of carbonyl (C=O) groups excluding carboxylic acids is 2. The van der Waals surface area contributed by atoms with Crippen LogP contribution in [0.1, 0.15) is 0 Å². The van der Waals surface area contributed by atoms with Crippen molar-refractivity contribution >= 4 is 52.1 Å². The third-order valence-corrected chi connectivity index (χ3v) is 3.23. The van der Waals surface area contributed by atoms with Gasteiger partial charge in [-0.05, 0) is 36.4 Å². The predicted octanol–water partition coefficient (Wildman–Crippen LogP) is 3.29. The van der Waals surface area contributed by atoms with E-state index in [0.29, 0.717) is 5.69 Å². The van der Waals surface area contributed by atoms with Crippen LogP contribution in [0, 0.1) is 5.82 Å². The lowest BCUT2D eigenvalue weighted by molar-refractivity contribution is -0.132. The second-order valence-corrected chi connectivity index (χ2v) is 5.09. The fraction of sp³-hybridized carbons (Fsp3) is 0. The molecule has 0 aliphatic carbocycles. The van der Waals surface area contributed by atoms with E-state index in [-0.39, 0.29) is 21.4 Å². The average molecular weight is 342 g/mol. The molecule has 0 heterocycles. The van der Waals surface area contributed by atoms with Gasteiger partial charge in [0, 0.05) is 11.4 Å². The summed E-state index contributed by atoms with van der Waals surface area (Å²) in [6.45, 7) is 0. The third-order valence-electron chi connectivity index (χ3n) is 2.63. The van der Waals surface area contributed by atoms with Crippen molar-refractivity contribution in [2.45, 2.75) is 0 Å². The lowest BCUT2D eigenvalue weighted by atomic mass is 10.2. The molecule has 2 aromatic rings. The van der Waals surface area contributed by atoms with E-state index in [0.717, 1.165) is 6.07 Å². The van der Waals surface area contributed by atoms with Gasteiger partial charge in [0.2, 0.25) is 0 Å². The van der Waals surface area contributed by atoms with Crippen LogP contribution in [0.2, 0.25) is 10.0 Å². The van der Waals surface area contributed by atoms with Crippen molar-refractivity contribution in [3.63, 3.8) is 0 Å². The van der Waals surface area contributed by atoms with Crippen LogP contribution >= 0.6 is 23.2 Å². The Balaban J connectivity index is 2.05. The summed E-state index contributed by atoms with van der Waals surface area (Å²) < 4.78 is 13.0. The molecule has 0 spiro atoms. The first kappa shape index (κ1) is 16.1. The summed E-state index contributed by atoms with van der Waals surface area (Å²) >= 11 is 11.5. The normalized spacial score (nSPS) is 10.1. The molecule has 22 heavy (non-hydrogen) atoms. The summed E-state index contributed by atoms with van der Waals surface area (Å²) in [7, 11) is 0. The van der Waals surface area contributed by atoms with E-state index in [1.807, 2.05) is 0 Å². The van der Waals surface area contributed by atoms with Crippen molar-refractivity contribution in [3.8, 4) is 0 Å². The van der Waals surface area contributed by atoms with Gasteiger partial charge in [-0.15, -0.1) is 0 Å². The minimum Gasteiger partial charge on any atom is -0.399 e.